The number of aldehydes is 1. The first kappa shape index (κ1) is 22.9. The molecule has 174 valence electrons. The first-order chi connectivity index (χ1) is 15.6. The van der Waals surface area contributed by atoms with E-state index in [2.05, 4.69) is 10.3 Å². The molecule has 1 aromatic carbocycles. The molecular formula is C20H15ClF4N4O4. The number of ether oxygens (including phenoxy) is 1. The number of aromatic nitrogens is 3. The van der Waals surface area contributed by atoms with E-state index in [0.29, 0.717) is 18.9 Å². The average molecular weight is 487 g/mol. The van der Waals surface area contributed by atoms with E-state index in [4.69, 9.17) is 16.3 Å². The number of alkyl halides is 3. The number of esters is 1. The molecule has 3 heterocycles. The maximum Gasteiger partial charge on any atom is 0.436 e. The number of hydrogen-bond donors (Lipinski definition) is 0. The van der Waals surface area contributed by atoms with E-state index in [1.807, 2.05) is 0 Å². The highest BCUT2D eigenvalue weighted by molar-refractivity contribution is 6.31. The van der Waals surface area contributed by atoms with Gasteiger partial charge in [0.05, 0.1) is 16.9 Å². The monoisotopic (exact) mass is 486 g/mol. The second-order valence-electron chi connectivity index (χ2n) is 7.46. The summed E-state index contributed by atoms with van der Waals surface area (Å²) in [5, 5.41) is 6.25. The molecule has 1 amide bonds. The second-order valence-corrected chi connectivity index (χ2v) is 7.87. The molecule has 0 spiro atoms. The Morgan fingerprint density at radius 1 is 1.30 bits per heavy atom. The van der Waals surface area contributed by atoms with Gasteiger partial charge in [-0.2, -0.15) is 13.2 Å². The molecule has 2 atom stereocenters. The van der Waals surface area contributed by atoms with Gasteiger partial charge in [-0.25, -0.2) is 13.9 Å². The molecule has 0 radical (unpaired) electrons. The zero-order valence-corrected chi connectivity index (χ0v) is 17.4. The Morgan fingerprint density at radius 2 is 2.06 bits per heavy atom. The van der Waals surface area contributed by atoms with Gasteiger partial charge >= 0.3 is 12.1 Å². The quantitative estimate of drug-likeness (QED) is 0.366. The van der Waals surface area contributed by atoms with Crippen molar-refractivity contribution in [2.75, 3.05) is 6.61 Å². The van der Waals surface area contributed by atoms with Gasteiger partial charge in [-0.05, 0) is 37.0 Å². The fourth-order valence-corrected chi connectivity index (χ4v) is 4.28. The number of benzene rings is 1. The maximum absolute atomic E-state index is 15.1. The van der Waals surface area contributed by atoms with E-state index < -0.39 is 48.3 Å². The van der Waals surface area contributed by atoms with Crippen LogP contribution < -0.4 is 0 Å². The molecule has 0 saturated carbocycles. The molecule has 8 nitrogen and oxygen atoms in total. The van der Waals surface area contributed by atoms with Crippen molar-refractivity contribution >= 4 is 35.3 Å². The third-order valence-corrected chi connectivity index (χ3v) is 5.79. The van der Waals surface area contributed by atoms with Crippen LogP contribution in [0.2, 0.25) is 5.02 Å². The highest BCUT2D eigenvalue weighted by atomic mass is 35.5. The van der Waals surface area contributed by atoms with Crippen LogP contribution in [0.3, 0.4) is 0 Å². The average Bonchev–Trinajstić information content (AvgIpc) is 3.41. The maximum atomic E-state index is 15.1. The molecule has 2 aliphatic rings. The van der Waals surface area contributed by atoms with Crippen LogP contribution in [0.15, 0.2) is 24.4 Å². The van der Waals surface area contributed by atoms with Gasteiger partial charge in [0.15, 0.2) is 17.8 Å². The van der Waals surface area contributed by atoms with Gasteiger partial charge in [0.2, 0.25) is 5.91 Å². The summed E-state index contributed by atoms with van der Waals surface area (Å²) < 4.78 is 59.6. The van der Waals surface area contributed by atoms with Crippen LogP contribution in [-0.2, 0) is 25.3 Å². The van der Waals surface area contributed by atoms with Crippen molar-refractivity contribution in [2.24, 2.45) is 0 Å². The molecule has 0 aliphatic carbocycles. The smallest absolute Gasteiger partial charge is 0.436 e. The summed E-state index contributed by atoms with van der Waals surface area (Å²) in [4.78, 5) is 36.8. The van der Waals surface area contributed by atoms with Crippen molar-refractivity contribution in [1.82, 2.24) is 19.9 Å². The Hall–Kier alpha value is -3.28. The Kier molecular flexibility index (Phi) is 5.95. The van der Waals surface area contributed by atoms with Crippen LogP contribution >= 0.6 is 11.6 Å². The third kappa shape index (κ3) is 4.22. The Bertz CT molecular complexity index is 1160. The van der Waals surface area contributed by atoms with Crippen molar-refractivity contribution in [3.05, 3.63) is 46.5 Å². The van der Waals surface area contributed by atoms with Crippen LogP contribution in [0.5, 0.6) is 0 Å². The lowest BCUT2D eigenvalue weighted by atomic mass is 9.92. The fraction of sp³-hybridized carbons (Fsp3) is 0.350. The fourth-order valence-electron chi connectivity index (χ4n) is 4.12. The summed E-state index contributed by atoms with van der Waals surface area (Å²) in [5.74, 6) is -2.23. The van der Waals surface area contributed by atoms with Gasteiger partial charge in [-0.15, -0.1) is 5.10 Å². The van der Waals surface area contributed by atoms with Crippen molar-refractivity contribution in [2.45, 2.75) is 37.5 Å². The number of carbonyl (C=O) groups is 3. The van der Waals surface area contributed by atoms with Crippen molar-refractivity contribution < 1.29 is 36.7 Å². The minimum atomic E-state index is -4.75. The van der Waals surface area contributed by atoms with E-state index >= 15 is 4.39 Å². The zero-order chi connectivity index (χ0) is 23.9. The summed E-state index contributed by atoms with van der Waals surface area (Å²) in [6.45, 7) is -0.433. The number of nitrogens with zero attached hydrogens (tertiary/aromatic N) is 4. The van der Waals surface area contributed by atoms with Crippen molar-refractivity contribution in [3.63, 3.8) is 0 Å². The Morgan fingerprint density at radius 3 is 2.73 bits per heavy atom. The van der Waals surface area contributed by atoms with Gasteiger partial charge in [0, 0.05) is 17.7 Å². The largest absolute Gasteiger partial charge is 0.456 e. The predicted molar refractivity (Wildman–Crippen MR) is 105 cm³/mol. The van der Waals surface area contributed by atoms with Gasteiger partial charge in [0.1, 0.15) is 12.6 Å². The molecule has 33 heavy (non-hydrogen) atoms. The summed E-state index contributed by atoms with van der Waals surface area (Å²) >= 11 is 5.92. The van der Waals surface area contributed by atoms with E-state index in [0.717, 1.165) is 16.8 Å². The Balaban J connectivity index is 1.72. The van der Waals surface area contributed by atoms with Crippen LogP contribution in [0, 0.1) is 5.82 Å². The second kappa shape index (κ2) is 8.58. The van der Waals surface area contributed by atoms with Crippen molar-refractivity contribution in [1.29, 1.82) is 0 Å². The first-order valence-electron chi connectivity index (χ1n) is 9.73. The van der Waals surface area contributed by atoms with Gasteiger partial charge in [-0.1, -0.05) is 16.8 Å². The Labute approximate surface area is 188 Å². The first-order valence-corrected chi connectivity index (χ1v) is 10.1. The molecule has 2 aromatic rings. The summed E-state index contributed by atoms with van der Waals surface area (Å²) in [7, 11) is 0. The summed E-state index contributed by atoms with van der Waals surface area (Å²) in [5.41, 5.74) is -1.33. The van der Waals surface area contributed by atoms with Gasteiger partial charge in [0.25, 0.3) is 0 Å². The standard InChI is InChI=1S/C20H15ClF4N4O4/c21-12-2-4-13(28-9-15(26-27-28)20(23,24)25)17(18(12)22)10-7-11-1-3-14(19(32)33-6-5-30)29(11)16(31)8-10/h2,4-5,8-9,11,14H,1,3,6-7H2/t11?,14-/m0/s1. The highest BCUT2D eigenvalue weighted by Gasteiger charge is 2.44. The molecule has 1 fully saturated rings. The zero-order valence-electron chi connectivity index (χ0n) is 16.7. The normalized spacial score (nSPS) is 20.5. The van der Waals surface area contributed by atoms with Gasteiger partial charge in [-0.3, -0.25) is 9.59 Å². The predicted octanol–water partition coefficient (Wildman–Crippen LogP) is 2.97. The number of rotatable bonds is 5. The van der Waals surface area contributed by atoms with Gasteiger partial charge < -0.3 is 9.64 Å². The van der Waals surface area contributed by atoms with E-state index in [-0.39, 0.29) is 34.7 Å². The number of carbonyl (C=O) groups excluding carboxylic acids is 3. The molecule has 4 rings (SSSR count). The minimum Gasteiger partial charge on any atom is -0.456 e. The molecule has 2 aliphatic heterocycles. The molecule has 0 N–H and O–H groups in total. The molecule has 1 saturated heterocycles. The third-order valence-electron chi connectivity index (χ3n) is 5.50. The topological polar surface area (TPSA) is 94.4 Å². The number of halogens is 5. The minimum absolute atomic E-state index is 0.0765. The van der Waals surface area contributed by atoms with Crippen LogP contribution in [-0.4, -0.2) is 56.7 Å². The van der Waals surface area contributed by atoms with Crippen LogP contribution in [0.25, 0.3) is 11.3 Å². The number of amides is 1. The summed E-state index contributed by atoms with van der Waals surface area (Å²) in [6, 6.07) is 1.09. The van der Waals surface area contributed by atoms with E-state index in [9.17, 15) is 27.6 Å². The van der Waals surface area contributed by atoms with E-state index in [1.54, 1.807) is 0 Å². The lowest BCUT2D eigenvalue weighted by Gasteiger charge is -2.33. The number of hydrogen-bond acceptors (Lipinski definition) is 6. The molecule has 0 bridgehead atoms. The van der Waals surface area contributed by atoms with Crippen LogP contribution in [0.1, 0.15) is 30.5 Å². The SMILES string of the molecule is O=CCOC(=O)[C@@H]1CCC2CC(c3c(-n4cc(C(F)(F)F)nn4)ccc(Cl)c3F)=CC(=O)N21. The molecule has 13 heteroatoms. The molecule has 1 unspecified atom stereocenters. The van der Waals surface area contributed by atoms with E-state index in [1.165, 1.54) is 11.0 Å². The molecular weight excluding hydrogens is 472 g/mol. The summed E-state index contributed by atoms with van der Waals surface area (Å²) in [6.07, 6.45) is -1.80. The number of fused-ring (bicyclic) bond motifs is 1. The highest BCUT2D eigenvalue weighted by Crippen LogP contribution is 2.40. The molecule has 1 aromatic heterocycles. The lowest BCUT2D eigenvalue weighted by molar-refractivity contribution is -0.154. The lowest BCUT2D eigenvalue weighted by Crippen LogP contribution is -2.47. The van der Waals surface area contributed by atoms with Crippen LogP contribution in [0.4, 0.5) is 17.6 Å². The van der Waals surface area contributed by atoms with Crippen molar-refractivity contribution in [3.8, 4) is 5.69 Å².